The quantitative estimate of drug-likeness (QED) is 0.714. The maximum atomic E-state index is 12.1. The lowest BCUT2D eigenvalue weighted by atomic mass is 9.89. The molecular formula is C11H16N2O2. The van der Waals surface area contributed by atoms with Gasteiger partial charge in [0.2, 0.25) is 0 Å². The van der Waals surface area contributed by atoms with Gasteiger partial charge in [-0.3, -0.25) is 4.79 Å². The Morgan fingerprint density at radius 1 is 1.93 bits per heavy atom. The van der Waals surface area contributed by atoms with E-state index in [2.05, 4.69) is 9.72 Å². The van der Waals surface area contributed by atoms with E-state index in [1.54, 1.807) is 0 Å². The standard InChI is InChI=1S/C11H16N2O2/c1-3-10-8(6-15-11(10)14)4-9-5-12-7-13(9)2/h5,7-8,10H,3-4,6H2,1-2H3/t8-,10-/m0/s1/i1D3,3D2,4D2,8D,10D. The fourth-order valence-electron chi connectivity index (χ4n) is 1.26. The van der Waals surface area contributed by atoms with Crippen molar-refractivity contribution in [2.24, 2.45) is 18.8 Å². The zero-order chi connectivity index (χ0) is 18.8. The van der Waals surface area contributed by atoms with Crippen molar-refractivity contribution in [3.8, 4) is 0 Å². The minimum Gasteiger partial charge on any atom is -0.465 e. The van der Waals surface area contributed by atoms with Gasteiger partial charge in [0.1, 0.15) is 0 Å². The van der Waals surface area contributed by atoms with Gasteiger partial charge < -0.3 is 9.30 Å². The van der Waals surface area contributed by atoms with E-state index in [-0.39, 0.29) is 5.69 Å². The summed E-state index contributed by atoms with van der Waals surface area (Å²) in [5, 5.41) is 0. The van der Waals surface area contributed by atoms with E-state index in [0.717, 1.165) is 6.20 Å². The van der Waals surface area contributed by atoms with Crippen LogP contribution in [0.25, 0.3) is 0 Å². The van der Waals surface area contributed by atoms with E-state index in [1.807, 2.05) is 0 Å². The zero-order valence-corrected chi connectivity index (χ0v) is 8.07. The number of rotatable bonds is 3. The van der Waals surface area contributed by atoms with Crippen LogP contribution in [0.15, 0.2) is 12.5 Å². The molecule has 0 radical (unpaired) electrons. The molecule has 4 heteroatoms. The minimum atomic E-state index is -3.51. The second kappa shape index (κ2) is 4.04. The summed E-state index contributed by atoms with van der Waals surface area (Å²) in [5.41, 5.74) is -0.200. The van der Waals surface area contributed by atoms with E-state index in [1.165, 1.54) is 17.9 Å². The second-order valence-corrected chi connectivity index (χ2v) is 3.07. The predicted molar refractivity (Wildman–Crippen MR) is 55.1 cm³/mol. The molecule has 0 saturated carbocycles. The molecule has 0 aromatic carbocycles. The highest BCUT2D eigenvalue weighted by molar-refractivity contribution is 5.74. The SMILES string of the molecule is [2H]C([2H])([2H])C([2H])([2H])[C@]1([2H])C(=O)OC[C@]1([2H])C([2H])([2H])c1cncn1C. The molecule has 0 N–H and O–H groups in total. The first-order chi connectivity index (χ1) is 10.6. The summed E-state index contributed by atoms with van der Waals surface area (Å²) in [6.07, 6.45) is -3.99. The number of aryl methyl sites for hydroxylation is 1. The Morgan fingerprint density at radius 3 is 3.47 bits per heavy atom. The lowest BCUT2D eigenvalue weighted by Crippen LogP contribution is -2.18. The Morgan fingerprint density at radius 2 is 2.80 bits per heavy atom. The van der Waals surface area contributed by atoms with Crippen LogP contribution >= 0.6 is 0 Å². The molecule has 0 unspecified atom stereocenters. The third kappa shape index (κ3) is 1.89. The molecule has 1 fully saturated rings. The predicted octanol–water partition coefficient (Wildman–Crippen LogP) is 1.16. The molecule has 4 nitrogen and oxygen atoms in total. The van der Waals surface area contributed by atoms with Gasteiger partial charge in [0.25, 0.3) is 0 Å². The summed E-state index contributed by atoms with van der Waals surface area (Å²) in [4.78, 5) is 15.8. The highest BCUT2D eigenvalue weighted by Gasteiger charge is 2.35. The van der Waals surface area contributed by atoms with Crippen LogP contribution in [0.1, 0.15) is 31.3 Å². The number of hydrogen-bond acceptors (Lipinski definition) is 3. The monoisotopic (exact) mass is 217 g/mol. The fraction of sp³-hybridized carbons (Fsp3) is 0.636. The number of hydrogen-bond donors (Lipinski definition) is 0. The van der Waals surface area contributed by atoms with Gasteiger partial charge in [-0.25, -0.2) is 4.98 Å². The van der Waals surface area contributed by atoms with E-state index < -0.39 is 44.0 Å². The fourth-order valence-corrected chi connectivity index (χ4v) is 1.26. The lowest BCUT2D eigenvalue weighted by molar-refractivity contribution is -0.141. The molecule has 1 aromatic rings. The second-order valence-electron chi connectivity index (χ2n) is 3.07. The number of carbonyl (C=O) groups is 1. The number of imidazole rings is 1. The number of esters is 1. The van der Waals surface area contributed by atoms with E-state index in [4.69, 9.17) is 12.3 Å². The highest BCUT2D eigenvalue weighted by atomic mass is 16.5. The average Bonchev–Trinajstić information content (AvgIpc) is 2.97. The molecule has 1 aliphatic heterocycles. The molecule has 82 valence electrons. The Kier molecular flexibility index (Phi) is 1.06. The van der Waals surface area contributed by atoms with Gasteiger partial charge in [0, 0.05) is 37.2 Å². The number of carbonyl (C=O) groups excluding carboxylic acids is 1. The number of nitrogens with zero attached hydrogens (tertiary/aromatic N) is 2. The Hall–Kier alpha value is -1.32. The van der Waals surface area contributed by atoms with Crippen molar-refractivity contribution in [3.05, 3.63) is 18.2 Å². The third-order valence-electron chi connectivity index (χ3n) is 2.07. The molecule has 0 bridgehead atoms. The van der Waals surface area contributed by atoms with Crippen molar-refractivity contribution in [2.75, 3.05) is 6.61 Å². The van der Waals surface area contributed by atoms with E-state index in [0.29, 0.717) is 0 Å². The molecular weight excluding hydrogens is 192 g/mol. The first-order valence-electron chi connectivity index (χ1n) is 8.78. The highest BCUT2D eigenvalue weighted by Crippen LogP contribution is 2.27. The average molecular weight is 217 g/mol. The topological polar surface area (TPSA) is 44.1 Å². The molecule has 1 aliphatic rings. The smallest absolute Gasteiger partial charge is 0.309 e. The van der Waals surface area contributed by atoms with Crippen molar-refractivity contribution in [1.82, 2.24) is 9.55 Å². The summed E-state index contributed by atoms with van der Waals surface area (Å²) < 4.78 is 76.7. The van der Waals surface area contributed by atoms with Gasteiger partial charge in [0.15, 0.2) is 0 Å². The lowest BCUT2D eigenvalue weighted by Gasteiger charge is -2.12. The Balaban J connectivity index is 2.72. The van der Waals surface area contributed by atoms with Crippen LogP contribution in [0.3, 0.4) is 0 Å². The summed E-state index contributed by atoms with van der Waals surface area (Å²) in [6.45, 7) is -4.39. The molecule has 1 saturated heterocycles. The normalized spacial score (nSPS) is 47.0. The van der Waals surface area contributed by atoms with Crippen molar-refractivity contribution in [3.63, 3.8) is 0 Å². The van der Waals surface area contributed by atoms with Crippen LogP contribution < -0.4 is 0 Å². The third-order valence-corrected chi connectivity index (χ3v) is 2.07. The number of cyclic esters (lactones) is 1. The number of aromatic nitrogens is 2. The van der Waals surface area contributed by atoms with Crippen LogP contribution in [0.5, 0.6) is 0 Å². The summed E-state index contributed by atoms with van der Waals surface area (Å²) in [7, 11) is 1.42. The minimum absolute atomic E-state index is 0.200. The van der Waals surface area contributed by atoms with Gasteiger partial charge in [-0.05, 0) is 12.7 Å². The largest absolute Gasteiger partial charge is 0.465 e. The molecule has 2 rings (SSSR count). The van der Waals surface area contributed by atoms with Gasteiger partial charge >= 0.3 is 5.97 Å². The van der Waals surface area contributed by atoms with Crippen LogP contribution in [-0.2, 0) is 23.0 Å². The molecule has 0 amide bonds. The number of ether oxygens (including phenoxy) is 1. The van der Waals surface area contributed by atoms with Crippen LogP contribution in [0.4, 0.5) is 0 Å². The molecule has 15 heavy (non-hydrogen) atoms. The maximum absolute atomic E-state index is 12.1. The van der Waals surface area contributed by atoms with Crippen LogP contribution in [-0.4, -0.2) is 22.1 Å². The Bertz CT molecular complexity index is 671. The van der Waals surface area contributed by atoms with Gasteiger partial charge in [-0.15, -0.1) is 0 Å². The van der Waals surface area contributed by atoms with E-state index in [9.17, 15) is 4.79 Å². The Labute approximate surface area is 102 Å². The van der Waals surface area contributed by atoms with Crippen molar-refractivity contribution in [2.45, 2.75) is 19.6 Å². The molecule has 0 aliphatic carbocycles. The zero-order valence-electron chi connectivity index (χ0n) is 17.1. The first kappa shape index (κ1) is 3.92. The van der Waals surface area contributed by atoms with Gasteiger partial charge in [0.05, 0.1) is 18.8 Å². The van der Waals surface area contributed by atoms with Crippen LogP contribution in [0, 0.1) is 11.8 Å². The molecule has 2 heterocycles. The van der Waals surface area contributed by atoms with Crippen LogP contribution in [0.2, 0.25) is 0 Å². The van der Waals surface area contributed by atoms with E-state index >= 15 is 0 Å². The first-order valence-corrected chi connectivity index (χ1v) is 4.28. The van der Waals surface area contributed by atoms with Crippen molar-refractivity contribution >= 4 is 5.97 Å². The van der Waals surface area contributed by atoms with Crippen molar-refractivity contribution in [1.29, 1.82) is 0 Å². The molecule has 2 atom stereocenters. The summed E-state index contributed by atoms with van der Waals surface area (Å²) in [5.74, 6) is -7.73. The summed E-state index contributed by atoms with van der Waals surface area (Å²) in [6, 6.07) is 0. The van der Waals surface area contributed by atoms with Gasteiger partial charge in [-0.1, -0.05) is 6.85 Å². The molecule has 1 aromatic heterocycles. The maximum Gasteiger partial charge on any atom is 0.309 e. The van der Waals surface area contributed by atoms with Gasteiger partial charge in [-0.2, -0.15) is 0 Å². The molecule has 0 spiro atoms. The summed E-state index contributed by atoms with van der Waals surface area (Å²) >= 11 is 0. The van der Waals surface area contributed by atoms with Crippen molar-refractivity contribution < 1.29 is 21.9 Å².